The second-order valence-corrected chi connectivity index (χ2v) is 3.45. The van der Waals surface area contributed by atoms with Gasteiger partial charge in [-0.25, -0.2) is 4.98 Å². The van der Waals surface area contributed by atoms with Gasteiger partial charge >= 0.3 is 0 Å². The van der Waals surface area contributed by atoms with Crippen molar-refractivity contribution in [3.8, 4) is 0 Å². The maximum absolute atomic E-state index is 4.32. The first-order valence-corrected chi connectivity index (χ1v) is 5.74. The second kappa shape index (κ2) is 7.23. The van der Waals surface area contributed by atoms with E-state index in [2.05, 4.69) is 40.9 Å². The molecule has 0 bridgehead atoms. The number of hydrogen-bond acceptors (Lipinski definition) is 2. The first kappa shape index (κ1) is 12.0. The fourth-order valence-corrected chi connectivity index (χ4v) is 1.49. The van der Waals surface area contributed by atoms with E-state index in [4.69, 9.17) is 0 Å². The first-order chi connectivity index (χ1) is 7.38. The van der Waals surface area contributed by atoms with Crippen LogP contribution in [0.4, 0.5) is 0 Å². The Labute approximate surface area is 92.2 Å². The topological polar surface area (TPSA) is 29.9 Å². The van der Waals surface area contributed by atoms with Gasteiger partial charge in [0, 0.05) is 25.4 Å². The molecule has 3 heteroatoms. The molecule has 3 nitrogen and oxygen atoms in total. The predicted molar refractivity (Wildman–Crippen MR) is 63.9 cm³/mol. The number of rotatable bonds is 7. The molecule has 0 radical (unpaired) electrons. The molecule has 84 valence electrons. The molecule has 0 aliphatic heterocycles. The van der Waals surface area contributed by atoms with Crippen molar-refractivity contribution in [2.75, 3.05) is 13.1 Å². The molecule has 0 saturated heterocycles. The van der Waals surface area contributed by atoms with Crippen molar-refractivity contribution in [1.82, 2.24) is 14.9 Å². The van der Waals surface area contributed by atoms with Crippen LogP contribution in [0, 0.1) is 0 Å². The average molecular weight is 207 g/mol. The highest BCUT2D eigenvalue weighted by atomic mass is 15.0. The largest absolute Gasteiger partial charge is 0.335 e. The molecule has 0 amide bonds. The Hall–Kier alpha value is -1.09. The summed E-state index contributed by atoms with van der Waals surface area (Å²) in [5.41, 5.74) is 0. The molecule has 0 aliphatic carbocycles. The minimum absolute atomic E-state index is 0.937. The van der Waals surface area contributed by atoms with Crippen LogP contribution in [0.2, 0.25) is 0 Å². The molecular weight excluding hydrogens is 186 g/mol. The highest BCUT2D eigenvalue weighted by Gasteiger charge is 1.96. The Balaban J connectivity index is 2.24. The van der Waals surface area contributed by atoms with Crippen LogP contribution in [0.15, 0.2) is 24.5 Å². The van der Waals surface area contributed by atoms with Crippen molar-refractivity contribution < 1.29 is 0 Å². The number of nitrogens with one attached hydrogen (secondary N) is 1. The van der Waals surface area contributed by atoms with Crippen LogP contribution in [0.5, 0.6) is 0 Å². The van der Waals surface area contributed by atoms with Crippen LogP contribution in [0.1, 0.15) is 26.1 Å². The third-order valence-corrected chi connectivity index (χ3v) is 2.35. The molecule has 1 heterocycles. The molecule has 0 spiro atoms. The molecule has 0 saturated carbocycles. The smallest absolute Gasteiger partial charge is 0.112 e. The zero-order chi connectivity index (χ0) is 10.9. The zero-order valence-electron chi connectivity index (χ0n) is 9.74. The Bertz CT molecular complexity index is 289. The van der Waals surface area contributed by atoms with Gasteiger partial charge in [0.1, 0.15) is 5.82 Å². The number of imidazole rings is 1. The van der Waals surface area contributed by atoms with Gasteiger partial charge in [-0.1, -0.05) is 19.1 Å². The Kier molecular flexibility index (Phi) is 5.78. The summed E-state index contributed by atoms with van der Waals surface area (Å²) in [4.78, 5) is 4.32. The molecule has 1 aromatic rings. The average Bonchev–Trinajstić information content (AvgIpc) is 2.70. The van der Waals surface area contributed by atoms with Crippen LogP contribution < -0.4 is 5.32 Å². The third-order valence-electron chi connectivity index (χ3n) is 2.35. The Morgan fingerprint density at radius 1 is 1.40 bits per heavy atom. The third kappa shape index (κ3) is 4.30. The maximum atomic E-state index is 4.32. The van der Waals surface area contributed by atoms with Gasteiger partial charge in [-0.05, 0) is 26.4 Å². The quantitative estimate of drug-likeness (QED) is 0.547. The molecule has 0 fully saturated rings. The van der Waals surface area contributed by atoms with E-state index in [0.29, 0.717) is 0 Å². The van der Waals surface area contributed by atoms with Gasteiger partial charge in [-0.2, -0.15) is 0 Å². The summed E-state index contributed by atoms with van der Waals surface area (Å²) < 4.78 is 2.18. The lowest BCUT2D eigenvalue weighted by Crippen LogP contribution is -2.12. The van der Waals surface area contributed by atoms with E-state index in [1.54, 1.807) is 0 Å². The van der Waals surface area contributed by atoms with Crippen molar-refractivity contribution in [3.05, 3.63) is 30.4 Å². The summed E-state index contributed by atoms with van der Waals surface area (Å²) in [6.07, 6.45) is 10.4. The van der Waals surface area contributed by atoms with Gasteiger partial charge in [0.2, 0.25) is 0 Å². The van der Waals surface area contributed by atoms with Gasteiger partial charge in [0.25, 0.3) is 0 Å². The zero-order valence-corrected chi connectivity index (χ0v) is 9.74. The lowest BCUT2D eigenvalue weighted by Gasteiger charge is -2.01. The SMILES string of the molecule is CCNCCC=CCc1nccn1CC. The van der Waals surface area contributed by atoms with Crippen molar-refractivity contribution in [1.29, 1.82) is 0 Å². The molecule has 0 atom stereocenters. The van der Waals surface area contributed by atoms with E-state index >= 15 is 0 Å². The van der Waals surface area contributed by atoms with Gasteiger partial charge in [0.15, 0.2) is 0 Å². The second-order valence-electron chi connectivity index (χ2n) is 3.45. The van der Waals surface area contributed by atoms with Crippen molar-refractivity contribution >= 4 is 0 Å². The van der Waals surface area contributed by atoms with Gasteiger partial charge in [-0.15, -0.1) is 0 Å². The number of aryl methyl sites for hydroxylation is 1. The van der Waals surface area contributed by atoms with Crippen LogP contribution in [0.25, 0.3) is 0 Å². The molecular formula is C12H21N3. The maximum Gasteiger partial charge on any atom is 0.112 e. The number of aromatic nitrogens is 2. The highest BCUT2D eigenvalue weighted by Crippen LogP contribution is 1.99. The highest BCUT2D eigenvalue weighted by molar-refractivity contribution is 4.99. The van der Waals surface area contributed by atoms with Crippen LogP contribution >= 0.6 is 0 Å². The molecule has 0 unspecified atom stereocenters. The molecule has 1 aromatic heterocycles. The van der Waals surface area contributed by atoms with Crippen LogP contribution in [-0.4, -0.2) is 22.6 Å². The Morgan fingerprint density at radius 3 is 3.00 bits per heavy atom. The van der Waals surface area contributed by atoms with E-state index in [9.17, 15) is 0 Å². The van der Waals surface area contributed by atoms with E-state index in [1.807, 2.05) is 12.4 Å². The van der Waals surface area contributed by atoms with Crippen LogP contribution in [0.3, 0.4) is 0 Å². The summed E-state index contributed by atoms with van der Waals surface area (Å²) in [6.45, 7) is 7.38. The van der Waals surface area contributed by atoms with Crippen molar-refractivity contribution in [2.24, 2.45) is 0 Å². The lowest BCUT2D eigenvalue weighted by atomic mass is 10.3. The van der Waals surface area contributed by atoms with Crippen molar-refractivity contribution in [2.45, 2.75) is 33.2 Å². The lowest BCUT2D eigenvalue weighted by molar-refractivity contribution is 0.712. The first-order valence-electron chi connectivity index (χ1n) is 5.74. The summed E-state index contributed by atoms with van der Waals surface area (Å²) in [7, 11) is 0. The molecule has 0 aromatic carbocycles. The molecule has 15 heavy (non-hydrogen) atoms. The monoisotopic (exact) mass is 207 g/mol. The van der Waals surface area contributed by atoms with Crippen LogP contribution in [-0.2, 0) is 13.0 Å². The summed E-state index contributed by atoms with van der Waals surface area (Å²) in [6, 6.07) is 0. The number of hydrogen-bond donors (Lipinski definition) is 1. The van der Waals surface area contributed by atoms with Gasteiger partial charge in [-0.3, -0.25) is 0 Å². The normalized spacial score (nSPS) is 11.3. The fourth-order valence-electron chi connectivity index (χ4n) is 1.49. The molecule has 1 rings (SSSR count). The summed E-state index contributed by atoms with van der Waals surface area (Å²) >= 11 is 0. The fraction of sp³-hybridized carbons (Fsp3) is 0.583. The Morgan fingerprint density at radius 2 is 2.27 bits per heavy atom. The summed E-state index contributed by atoms with van der Waals surface area (Å²) in [5, 5.41) is 3.29. The number of nitrogens with zero attached hydrogens (tertiary/aromatic N) is 2. The van der Waals surface area contributed by atoms with Gasteiger partial charge < -0.3 is 9.88 Å². The minimum atomic E-state index is 0.937. The minimum Gasteiger partial charge on any atom is -0.335 e. The number of allylic oxidation sites excluding steroid dienone is 1. The van der Waals surface area contributed by atoms with Crippen molar-refractivity contribution in [3.63, 3.8) is 0 Å². The standard InChI is InChI=1S/C12H21N3/c1-3-13-9-7-5-6-8-12-14-10-11-15(12)4-2/h5-6,10-11,13H,3-4,7-9H2,1-2H3. The van der Waals surface area contributed by atoms with E-state index in [0.717, 1.165) is 38.3 Å². The van der Waals surface area contributed by atoms with E-state index in [-0.39, 0.29) is 0 Å². The van der Waals surface area contributed by atoms with E-state index in [1.165, 1.54) is 0 Å². The van der Waals surface area contributed by atoms with Gasteiger partial charge in [0.05, 0.1) is 0 Å². The predicted octanol–water partition coefficient (Wildman–Crippen LogP) is 2.00. The molecule has 0 aliphatic rings. The van der Waals surface area contributed by atoms with E-state index < -0.39 is 0 Å². The molecule has 1 N–H and O–H groups in total. The summed E-state index contributed by atoms with van der Waals surface area (Å²) in [5.74, 6) is 1.15.